The Morgan fingerprint density at radius 3 is 2.69 bits per heavy atom. The lowest BCUT2D eigenvalue weighted by atomic mass is 10.1. The Bertz CT molecular complexity index is 395. The molecule has 2 nitrogen and oxygen atoms in total. The third-order valence-electron chi connectivity index (χ3n) is 2.62. The van der Waals surface area contributed by atoms with E-state index in [1.807, 2.05) is 32.0 Å². The number of nitrogens with zero attached hydrogens (tertiary/aromatic N) is 1. The monoisotopic (exact) mass is 303 g/mol. The van der Waals surface area contributed by atoms with Gasteiger partial charge in [0.05, 0.1) is 0 Å². The van der Waals surface area contributed by atoms with Crippen LogP contribution in [0.25, 0.3) is 0 Å². The van der Waals surface area contributed by atoms with Crippen LogP contribution in [0.5, 0.6) is 0 Å². The molecule has 1 atom stereocenters. The third kappa shape index (κ3) is 2.98. The molecule has 0 saturated heterocycles. The van der Waals surface area contributed by atoms with Gasteiger partial charge in [-0.05, 0) is 31.5 Å². The number of amides is 1. The first kappa shape index (κ1) is 13.5. The number of alkyl halides is 1. The van der Waals surface area contributed by atoms with E-state index in [0.29, 0.717) is 11.4 Å². The lowest BCUT2D eigenvalue weighted by molar-refractivity contribution is 0.0756. The molecule has 0 aliphatic carbocycles. The zero-order chi connectivity index (χ0) is 12.3. The highest BCUT2D eigenvalue weighted by Gasteiger charge is 2.16. The molecular formula is C12H15BrClNO. The largest absolute Gasteiger partial charge is 0.338 e. The smallest absolute Gasteiger partial charge is 0.253 e. The Hall–Kier alpha value is -0.540. The van der Waals surface area contributed by atoms with Gasteiger partial charge in [-0.25, -0.2) is 0 Å². The van der Waals surface area contributed by atoms with E-state index in [4.69, 9.17) is 11.6 Å². The zero-order valence-corrected chi connectivity index (χ0v) is 12.0. The van der Waals surface area contributed by atoms with Crippen molar-refractivity contribution in [3.63, 3.8) is 0 Å². The van der Waals surface area contributed by atoms with Crippen molar-refractivity contribution in [2.24, 2.45) is 0 Å². The molecule has 0 heterocycles. The number of benzene rings is 1. The first-order valence-electron chi connectivity index (χ1n) is 5.06. The second kappa shape index (κ2) is 5.69. The lowest BCUT2D eigenvalue weighted by Crippen LogP contribution is -2.36. The van der Waals surface area contributed by atoms with E-state index in [-0.39, 0.29) is 11.9 Å². The molecule has 1 aromatic carbocycles. The minimum absolute atomic E-state index is 0.00569. The van der Waals surface area contributed by atoms with Gasteiger partial charge in [0.15, 0.2) is 0 Å². The van der Waals surface area contributed by atoms with Crippen LogP contribution in [0.3, 0.4) is 0 Å². The van der Waals surface area contributed by atoms with Crippen molar-refractivity contribution in [1.29, 1.82) is 0 Å². The van der Waals surface area contributed by atoms with E-state index in [2.05, 4.69) is 15.9 Å². The van der Waals surface area contributed by atoms with Crippen molar-refractivity contribution < 1.29 is 4.79 Å². The minimum atomic E-state index is -0.00569. The molecule has 0 aliphatic heterocycles. The molecule has 0 aliphatic rings. The van der Waals surface area contributed by atoms with Crippen molar-refractivity contribution in [2.45, 2.75) is 19.9 Å². The van der Waals surface area contributed by atoms with Gasteiger partial charge < -0.3 is 4.90 Å². The number of hydrogen-bond acceptors (Lipinski definition) is 1. The number of carbonyl (C=O) groups excluding carboxylic acids is 1. The van der Waals surface area contributed by atoms with E-state index in [0.717, 1.165) is 10.0 Å². The molecule has 1 amide bonds. The average Bonchev–Trinajstić information content (AvgIpc) is 2.29. The Morgan fingerprint density at radius 2 is 2.19 bits per heavy atom. The lowest BCUT2D eigenvalue weighted by Gasteiger charge is -2.23. The standard InChI is InChI=1S/C12H15BrClNO/c1-8-4-5-10(6-11(8)13)12(16)15(3)9(2)7-14/h4-6,9H,7H2,1-3H3. The van der Waals surface area contributed by atoms with Crippen LogP contribution in [0.1, 0.15) is 22.8 Å². The summed E-state index contributed by atoms with van der Waals surface area (Å²) in [5, 5.41) is 0. The molecule has 0 N–H and O–H groups in total. The summed E-state index contributed by atoms with van der Waals surface area (Å²) in [5.74, 6) is 0.434. The molecule has 0 aromatic heterocycles. The van der Waals surface area contributed by atoms with Crippen LogP contribution in [-0.4, -0.2) is 29.8 Å². The van der Waals surface area contributed by atoms with E-state index < -0.39 is 0 Å². The van der Waals surface area contributed by atoms with Crippen molar-refractivity contribution in [3.05, 3.63) is 33.8 Å². The maximum atomic E-state index is 12.1. The predicted octanol–water partition coefficient (Wildman–Crippen LogP) is 3.46. The van der Waals surface area contributed by atoms with Gasteiger partial charge in [-0.15, -0.1) is 11.6 Å². The average molecular weight is 305 g/mol. The summed E-state index contributed by atoms with van der Waals surface area (Å²) in [5.41, 5.74) is 1.79. The van der Waals surface area contributed by atoms with Crippen LogP contribution in [0.15, 0.2) is 22.7 Å². The van der Waals surface area contributed by atoms with Gasteiger partial charge in [0, 0.05) is 29.0 Å². The SMILES string of the molecule is Cc1ccc(C(=O)N(C)C(C)CCl)cc1Br. The second-order valence-electron chi connectivity index (χ2n) is 3.88. The van der Waals surface area contributed by atoms with Crippen molar-refractivity contribution >= 4 is 33.4 Å². The molecule has 0 spiro atoms. The van der Waals surface area contributed by atoms with Crippen LogP contribution >= 0.6 is 27.5 Å². The number of hydrogen-bond donors (Lipinski definition) is 0. The van der Waals surface area contributed by atoms with Crippen LogP contribution in [0.4, 0.5) is 0 Å². The first-order valence-corrected chi connectivity index (χ1v) is 6.39. The van der Waals surface area contributed by atoms with Gasteiger partial charge in [0.25, 0.3) is 5.91 Å². The van der Waals surface area contributed by atoms with Gasteiger partial charge in [-0.3, -0.25) is 4.79 Å². The van der Waals surface area contributed by atoms with E-state index in [1.165, 1.54) is 0 Å². The molecule has 0 fully saturated rings. The van der Waals surface area contributed by atoms with Crippen LogP contribution < -0.4 is 0 Å². The topological polar surface area (TPSA) is 20.3 Å². The first-order chi connectivity index (χ1) is 7.47. The van der Waals surface area contributed by atoms with Crippen molar-refractivity contribution in [1.82, 2.24) is 4.90 Å². The third-order valence-corrected chi connectivity index (χ3v) is 3.92. The fraction of sp³-hybridized carbons (Fsp3) is 0.417. The summed E-state index contributed by atoms with van der Waals surface area (Å²) in [6, 6.07) is 5.64. The second-order valence-corrected chi connectivity index (χ2v) is 5.05. The van der Waals surface area contributed by atoms with E-state index >= 15 is 0 Å². The highest BCUT2D eigenvalue weighted by Crippen LogP contribution is 2.18. The fourth-order valence-corrected chi connectivity index (χ4v) is 1.82. The highest BCUT2D eigenvalue weighted by molar-refractivity contribution is 9.10. The predicted molar refractivity (Wildman–Crippen MR) is 71.2 cm³/mol. The summed E-state index contributed by atoms with van der Waals surface area (Å²) in [6.45, 7) is 3.91. The molecular weight excluding hydrogens is 289 g/mol. The molecule has 88 valence electrons. The van der Waals surface area contributed by atoms with Crippen molar-refractivity contribution in [2.75, 3.05) is 12.9 Å². The summed E-state index contributed by atoms with van der Waals surface area (Å²) in [6.07, 6.45) is 0. The molecule has 1 aromatic rings. The van der Waals surface area contributed by atoms with Crippen LogP contribution in [0, 0.1) is 6.92 Å². The normalized spacial score (nSPS) is 12.3. The molecule has 0 bridgehead atoms. The summed E-state index contributed by atoms with van der Waals surface area (Å²) < 4.78 is 0.949. The Balaban J connectivity index is 2.92. The minimum Gasteiger partial charge on any atom is -0.338 e. The quantitative estimate of drug-likeness (QED) is 0.783. The van der Waals surface area contributed by atoms with Gasteiger partial charge >= 0.3 is 0 Å². The Labute approximate surface area is 110 Å². The fourth-order valence-electron chi connectivity index (χ4n) is 1.23. The summed E-state index contributed by atoms with van der Waals surface area (Å²) in [7, 11) is 1.77. The highest BCUT2D eigenvalue weighted by atomic mass is 79.9. The summed E-state index contributed by atoms with van der Waals surface area (Å²) >= 11 is 9.15. The zero-order valence-electron chi connectivity index (χ0n) is 9.63. The summed E-state index contributed by atoms with van der Waals surface area (Å²) in [4.78, 5) is 13.7. The molecule has 0 saturated carbocycles. The van der Waals surface area contributed by atoms with Gasteiger partial charge in [-0.2, -0.15) is 0 Å². The molecule has 0 radical (unpaired) electrons. The van der Waals surface area contributed by atoms with Gasteiger partial charge in [0.2, 0.25) is 0 Å². The van der Waals surface area contributed by atoms with Gasteiger partial charge in [-0.1, -0.05) is 22.0 Å². The Morgan fingerprint density at radius 1 is 1.56 bits per heavy atom. The molecule has 16 heavy (non-hydrogen) atoms. The molecule has 1 unspecified atom stereocenters. The van der Waals surface area contributed by atoms with Crippen LogP contribution in [-0.2, 0) is 0 Å². The number of aryl methyl sites for hydroxylation is 1. The molecule has 4 heteroatoms. The van der Waals surface area contributed by atoms with Gasteiger partial charge in [0.1, 0.15) is 0 Å². The number of halogens is 2. The molecule has 1 rings (SSSR count). The van der Waals surface area contributed by atoms with Crippen molar-refractivity contribution in [3.8, 4) is 0 Å². The van der Waals surface area contributed by atoms with E-state index in [1.54, 1.807) is 11.9 Å². The Kier molecular flexibility index (Phi) is 4.81. The van der Waals surface area contributed by atoms with E-state index in [9.17, 15) is 4.79 Å². The maximum absolute atomic E-state index is 12.1. The number of rotatable bonds is 3. The number of carbonyl (C=O) groups is 1. The van der Waals surface area contributed by atoms with Crippen LogP contribution in [0.2, 0.25) is 0 Å². The maximum Gasteiger partial charge on any atom is 0.253 e.